The number of carbonyl (C=O) groups excluding carboxylic acids is 1. The summed E-state index contributed by atoms with van der Waals surface area (Å²) in [6.07, 6.45) is 2.65. The number of anilines is 1. The van der Waals surface area contributed by atoms with Crippen molar-refractivity contribution in [2.45, 2.75) is 39.2 Å². The van der Waals surface area contributed by atoms with Gasteiger partial charge in [-0.2, -0.15) is 0 Å². The quantitative estimate of drug-likeness (QED) is 0.408. The maximum atomic E-state index is 13.0. The molecule has 4 aromatic rings. The van der Waals surface area contributed by atoms with Crippen LogP contribution in [0.5, 0.6) is 0 Å². The summed E-state index contributed by atoms with van der Waals surface area (Å²) in [6.45, 7) is 8.05. The molecule has 1 atom stereocenters. The normalized spacial score (nSPS) is 12.7. The molecule has 1 amide bonds. The van der Waals surface area contributed by atoms with Gasteiger partial charge in [-0.05, 0) is 47.7 Å². The minimum absolute atomic E-state index is 0.00215. The van der Waals surface area contributed by atoms with E-state index in [0.717, 1.165) is 22.1 Å². The van der Waals surface area contributed by atoms with Crippen LogP contribution in [0, 0.1) is 0 Å². The minimum Gasteiger partial charge on any atom is -0.389 e. The first-order chi connectivity index (χ1) is 15.6. The van der Waals surface area contributed by atoms with Crippen molar-refractivity contribution >= 4 is 22.5 Å². The highest BCUT2D eigenvalue weighted by molar-refractivity contribution is 6.05. The average molecular weight is 444 g/mol. The Kier molecular flexibility index (Phi) is 5.72. The Balaban J connectivity index is 1.77. The minimum atomic E-state index is -0.842. The molecule has 170 valence electrons. The molecule has 0 fully saturated rings. The number of aromatic nitrogens is 2. The number of nitrogens with zero attached hydrogens (tertiary/aromatic N) is 1. The Labute approximate surface area is 192 Å². The average Bonchev–Trinajstić information content (AvgIpc) is 3.25. The zero-order valence-electron chi connectivity index (χ0n) is 19.6. The molecule has 4 rings (SSSR count). The summed E-state index contributed by atoms with van der Waals surface area (Å²) in [7, 11) is 1.70. The largest absolute Gasteiger partial charge is 0.389 e. The summed E-state index contributed by atoms with van der Waals surface area (Å²) in [5.74, 6) is -0.248. The zero-order chi connectivity index (χ0) is 23.9. The monoisotopic (exact) mass is 443 g/mol. The molecule has 6 heteroatoms. The van der Waals surface area contributed by atoms with Crippen molar-refractivity contribution in [3.63, 3.8) is 0 Å². The summed E-state index contributed by atoms with van der Waals surface area (Å²) >= 11 is 0. The van der Waals surface area contributed by atoms with Gasteiger partial charge in [0.2, 0.25) is 0 Å². The summed E-state index contributed by atoms with van der Waals surface area (Å²) in [4.78, 5) is 28.5. The third-order valence-corrected chi connectivity index (χ3v) is 5.97. The molecule has 0 aliphatic heterocycles. The number of H-pyrrole nitrogens is 1. The molecular weight excluding hydrogens is 414 g/mol. The van der Waals surface area contributed by atoms with Crippen LogP contribution in [-0.4, -0.2) is 20.6 Å². The molecule has 33 heavy (non-hydrogen) atoms. The predicted molar refractivity (Wildman–Crippen MR) is 133 cm³/mol. The lowest BCUT2D eigenvalue weighted by atomic mass is 9.86. The Bertz CT molecular complexity index is 1390. The number of aromatic amines is 1. The van der Waals surface area contributed by atoms with Gasteiger partial charge < -0.3 is 20.0 Å². The van der Waals surface area contributed by atoms with Crippen LogP contribution in [0.2, 0.25) is 0 Å². The molecule has 0 aliphatic rings. The van der Waals surface area contributed by atoms with Crippen molar-refractivity contribution in [2.24, 2.45) is 7.05 Å². The SMILES string of the molecule is CC(O)c1c(NC(=O)c2ccc(C(C)(C)C)cc2)cccc1-c1cn(C)c(=O)c2[nH]ccc12. The van der Waals surface area contributed by atoms with E-state index in [4.69, 9.17) is 0 Å². The number of pyridine rings is 1. The predicted octanol–water partition coefficient (Wildman–Crippen LogP) is 5.14. The molecule has 2 heterocycles. The first-order valence-corrected chi connectivity index (χ1v) is 11.0. The van der Waals surface area contributed by atoms with Gasteiger partial charge in [-0.1, -0.05) is 45.0 Å². The Morgan fingerprint density at radius 1 is 1.06 bits per heavy atom. The molecule has 0 radical (unpaired) electrons. The lowest BCUT2D eigenvalue weighted by Gasteiger charge is -2.20. The molecule has 0 saturated heterocycles. The van der Waals surface area contributed by atoms with Crippen molar-refractivity contribution in [1.82, 2.24) is 9.55 Å². The van der Waals surface area contributed by atoms with Crippen LogP contribution in [0.4, 0.5) is 5.69 Å². The topological polar surface area (TPSA) is 87.1 Å². The van der Waals surface area contributed by atoms with Crippen LogP contribution in [0.1, 0.15) is 55.3 Å². The number of carbonyl (C=O) groups is 1. The second-order valence-electron chi connectivity index (χ2n) is 9.45. The van der Waals surface area contributed by atoms with E-state index in [2.05, 4.69) is 31.1 Å². The number of aliphatic hydroxyl groups is 1. The van der Waals surface area contributed by atoms with E-state index in [1.54, 1.807) is 32.4 Å². The molecule has 3 N–H and O–H groups in total. The fourth-order valence-electron chi connectivity index (χ4n) is 4.16. The number of nitrogens with one attached hydrogen (secondary N) is 2. The van der Waals surface area contributed by atoms with E-state index in [-0.39, 0.29) is 16.9 Å². The Morgan fingerprint density at radius 3 is 2.39 bits per heavy atom. The van der Waals surface area contributed by atoms with Crippen molar-refractivity contribution in [3.8, 4) is 11.1 Å². The number of amides is 1. The lowest BCUT2D eigenvalue weighted by Crippen LogP contribution is -2.17. The van der Waals surface area contributed by atoms with Gasteiger partial charge in [0, 0.05) is 47.2 Å². The second-order valence-corrected chi connectivity index (χ2v) is 9.45. The van der Waals surface area contributed by atoms with Crippen LogP contribution in [0.3, 0.4) is 0 Å². The van der Waals surface area contributed by atoms with Crippen molar-refractivity contribution in [2.75, 3.05) is 5.32 Å². The van der Waals surface area contributed by atoms with Gasteiger partial charge in [0.15, 0.2) is 0 Å². The number of rotatable bonds is 4. The number of hydrogen-bond donors (Lipinski definition) is 3. The Hall–Kier alpha value is -3.64. The highest BCUT2D eigenvalue weighted by Crippen LogP contribution is 2.37. The van der Waals surface area contributed by atoms with Gasteiger partial charge in [0.1, 0.15) is 5.52 Å². The van der Waals surface area contributed by atoms with Gasteiger partial charge in [0.25, 0.3) is 11.5 Å². The van der Waals surface area contributed by atoms with Gasteiger partial charge in [-0.3, -0.25) is 9.59 Å². The number of fused-ring (bicyclic) bond motifs is 1. The lowest BCUT2D eigenvalue weighted by molar-refractivity contribution is 0.102. The smallest absolute Gasteiger partial charge is 0.274 e. The first kappa shape index (κ1) is 22.6. The van der Waals surface area contributed by atoms with Gasteiger partial charge >= 0.3 is 0 Å². The number of hydrogen-bond acceptors (Lipinski definition) is 3. The van der Waals surface area contributed by atoms with E-state index in [0.29, 0.717) is 22.3 Å². The molecule has 0 bridgehead atoms. The molecule has 0 spiro atoms. The molecule has 1 unspecified atom stereocenters. The maximum Gasteiger partial charge on any atom is 0.274 e. The molecule has 0 saturated carbocycles. The van der Waals surface area contributed by atoms with Crippen LogP contribution >= 0.6 is 0 Å². The van der Waals surface area contributed by atoms with E-state index < -0.39 is 6.10 Å². The van der Waals surface area contributed by atoms with Gasteiger partial charge in [0.05, 0.1) is 6.10 Å². The summed E-state index contributed by atoms with van der Waals surface area (Å²) < 4.78 is 1.52. The molecule has 2 aromatic carbocycles. The number of aliphatic hydroxyl groups excluding tert-OH is 1. The van der Waals surface area contributed by atoms with Crippen molar-refractivity contribution < 1.29 is 9.90 Å². The highest BCUT2D eigenvalue weighted by Gasteiger charge is 2.20. The van der Waals surface area contributed by atoms with Crippen molar-refractivity contribution in [3.05, 3.63) is 88.0 Å². The number of aryl methyl sites for hydroxylation is 1. The third-order valence-electron chi connectivity index (χ3n) is 5.97. The highest BCUT2D eigenvalue weighted by atomic mass is 16.3. The number of benzene rings is 2. The second kappa shape index (κ2) is 8.37. The first-order valence-electron chi connectivity index (χ1n) is 11.0. The van der Waals surface area contributed by atoms with Crippen LogP contribution in [0.25, 0.3) is 22.0 Å². The van der Waals surface area contributed by atoms with Crippen LogP contribution < -0.4 is 10.9 Å². The van der Waals surface area contributed by atoms with Gasteiger partial charge in [-0.15, -0.1) is 0 Å². The van der Waals surface area contributed by atoms with E-state index in [1.165, 1.54) is 4.57 Å². The Morgan fingerprint density at radius 2 is 1.76 bits per heavy atom. The fraction of sp³-hybridized carbons (Fsp3) is 0.259. The summed E-state index contributed by atoms with van der Waals surface area (Å²) in [5.41, 5.74) is 4.75. The molecule has 2 aromatic heterocycles. The zero-order valence-corrected chi connectivity index (χ0v) is 19.6. The van der Waals surface area contributed by atoms with Crippen LogP contribution in [-0.2, 0) is 12.5 Å². The van der Waals surface area contributed by atoms with E-state index in [1.807, 2.05) is 42.5 Å². The van der Waals surface area contributed by atoms with E-state index in [9.17, 15) is 14.7 Å². The molecule has 6 nitrogen and oxygen atoms in total. The van der Waals surface area contributed by atoms with Crippen LogP contribution in [0.15, 0.2) is 65.7 Å². The standard InChI is InChI=1S/C27H29N3O3/c1-16(31)23-19(21-15-30(5)26(33)24-20(21)13-14-28-24)7-6-8-22(23)29-25(32)17-9-11-18(12-10-17)27(2,3)4/h6-16,28,31H,1-5H3,(H,29,32). The third kappa shape index (κ3) is 4.22. The van der Waals surface area contributed by atoms with E-state index >= 15 is 0 Å². The summed E-state index contributed by atoms with van der Waals surface area (Å²) in [5, 5.41) is 14.4. The van der Waals surface area contributed by atoms with Crippen molar-refractivity contribution in [1.29, 1.82) is 0 Å². The molecule has 0 aliphatic carbocycles. The fourth-order valence-corrected chi connectivity index (χ4v) is 4.16. The summed E-state index contributed by atoms with van der Waals surface area (Å²) in [6, 6.07) is 14.9. The van der Waals surface area contributed by atoms with Gasteiger partial charge in [-0.25, -0.2) is 0 Å². The maximum absolute atomic E-state index is 13.0. The molecular formula is C27H29N3O3.